The van der Waals surface area contributed by atoms with Crippen LogP contribution in [-0.2, 0) is 13.2 Å². The van der Waals surface area contributed by atoms with Gasteiger partial charge in [-0.2, -0.15) is 0 Å². The van der Waals surface area contributed by atoms with E-state index in [1.165, 1.54) is 12.1 Å². The highest BCUT2D eigenvalue weighted by Gasteiger charge is 2.15. The van der Waals surface area contributed by atoms with Gasteiger partial charge in [0.25, 0.3) is 0 Å². The average molecular weight is 286 g/mol. The lowest BCUT2D eigenvalue weighted by atomic mass is 10.1. The minimum absolute atomic E-state index is 0.208. The van der Waals surface area contributed by atoms with Crippen LogP contribution in [0.4, 0.5) is 4.39 Å². The van der Waals surface area contributed by atoms with E-state index in [-0.39, 0.29) is 19.0 Å². The van der Waals surface area contributed by atoms with E-state index >= 15 is 0 Å². The van der Waals surface area contributed by atoms with Crippen molar-refractivity contribution in [3.05, 3.63) is 65.7 Å². The summed E-state index contributed by atoms with van der Waals surface area (Å²) in [5.41, 5.74) is 2.08. The number of aliphatic hydroxyl groups excluding tert-OH is 2. The Hall–Kier alpha value is -2.24. The third-order valence-electron chi connectivity index (χ3n) is 3.46. The van der Waals surface area contributed by atoms with Crippen LogP contribution in [0.1, 0.15) is 17.5 Å². The van der Waals surface area contributed by atoms with E-state index in [2.05, 4.69) is 4.98 Å². The van der Waals surface area contributed by atoms with Crippen LogP contribution in [0, 0.1) is 5.82 Å². The summed E-state index contributed by atoms with van der Waals surface area (Å²) < 4.78 is 15.0. The molecule has 1 atom stereocenters. The van der Waals surface area contributed by atoms with Gasteiger partial charge in [-0.1, -0.05) is 24.3 Å². The predicted molar refractivity (Wildman–Crippen MR) is 77.0 cm³/mol. The molecule has 108 valence electrons. The Bertz CT molecular complexity index is 770. The van der Waals surface area contributed by atoms with Gasteiger partial charge in [0, 0.05) is 0 Å². The molecular formula is C16H15FN2O2. The molecule has 0 aliphatic carbocycles. The van der Waals surface area contributed by atoms with Gasteiger partial charge in [-0.05, 0) is 29.8 Å². The molecule has 3 rings (SSSR count). The largest absolute Gasteiger partial charge is 0.388 e. The molecule has 0 amide bonds. The lowest BCUT2D eigenvalue weighted by Crippen LogP contribution is -2.12. The molecule has 0 saturated carbocycles. The van der Waals surface area contributed by atoms with E-state index in [0.29, 0.717) is 11.4 Å². The summed E-state index contributed by atoms with van der Waals surface area (Å²) in [6, 6.07) is 13.3. The molecule has 4 nitrogen and oxygen atoms in total. The number of para-hydroxylation sites is 2. The molecule has 0 spiro atoms. The first-order valence-electron chi connectivity index (χ1n) is 6.67. The average Bonchev–Trinajstić information content (AvgIpc) is 2.85. The molecule has 0 aliphatic heterocycles. The van der Waals surface area contributed by atoms with Crippen molar-refractivity contribution < 1.29 is 14.6 Å². The number of aromatic nitrogens is 2. The number of rotatable bonds is 4. The molecule has 2 N–H and O–H groups in total. The van der Waals surface area contributed by atoms with Gasteiger partial charge in [0.2, 0.25) is 0 Å². The standard InChI is InChI=1S/C16H15FN2O2/c17-12-5-3-4-11(8-12)15(21)9-19-14-7-2-1-6-13(14)18-16(19)10-20/h1-8,15,20-21H,9-10H2/t15-/m1/s1. The van der Waals surface area contributed by atoms with Gasteiger partial charge in [-0.15, -0.1) is 0 Å². The van der Waals surface area contributed by atoms with Crippen molar-refractivity contribution in [3.8, 4) is 0 Å². The minimum atomic E-state index is -0.872. The van der Waals surface area contributed by atoms with Crippen LogP contribution in [0.15, 0.2) is 48.5 Å². The molecule has 0 aliphatic rings. The molecule has 0 fully saturated rings. The van der Waals surface area contributed by atoms with Gasteiger partial charge in [0.15, 0.2) is 0 Å². The molecular weight excluding hydrogens is 271 g/mol. The van der Waals surface area contributed by atoms with Crippen molar-refractivity contribution >= 4 is 11.0 Å². The normalized spacial score (nSPS) is 12.7. The molecule has 0 radical (unpaired) electrons. The van der Waals surface area contributed by atoms with Crippen LogP contribution >= 0.6 is 0 Å². The number of fused-ring (bicyclic) bond motifs is 1. The van der Waals surface area contributed by atoms with E-state index < -0.39 is 6.10 Å². The Kier molecular flexibility index (Phi) is 3.68. The van der Waals surface area contributed by atoms with Crippen molar-refractivity contribution in [1.82, 2.24) is 9.55 Å². The molecule has 5 heteroatoms. The highest BCUT2D eigenvalue weighted by Crippen LogP contribution is 2.22. The third kappa shape index (κ3) is 2.66. The van der Waals surface area contributed by atoms with Gasteiger partial charge < -0.3 is 14.8 Å². The second kappa shape index (κ2) is 5.63. The van der Waals surface area contributed by atoms with Crippen molar-refractivity contribution in [2.45, 2.75) is 19.3 Å². The summed E-state index contributed by atoms with van der Waals surface area (Å²) >= 11 is 0. The van der Waals surface area contributed by atoms with E-state index in [9.17, 15) is 14.6 Å². The number of benzene rings is 2. The second-order valence-electron chi connectivity index (χ2n) is 4.86. The summed E-state index contributed by atoms with van der Waals surface area (Å²) in [6.07, 6.45) is -0.872. The van der Waals surface area contributed by atoms with E-state index in [0.717, 1.165) is 11.0 Å². The van der Waals surface area contributed by atoms with Gasteiger partial charge >= 0.3 is 0 Å². The minimum Gasteiger partial charge on any atom is -0.388 e. The molecule has 0 bridgehead atoms. The predicted octanol–water partition coefficient (Wildman–Crippen LogP) is 2.40. The van der Waals surface area contributed by atoms with Crippen LogP contribution < -0.4 is 0 Å². The quantitative estimate of drug-likeness (QED) is 0.774. The monoisotopic (exact) mass is 286 g/mol. The zero-order valence-electron chi connectivity index (χ0n) is 11.3. The number of hydrogen-bond donors (Lipinski definition) is 2. The van der Waals surface area contributed by atoms with Crippen molar-refractivity contribution in [2.24, 2.45) is 0 Å². The Balaban J connectivity index is 1.97. The fourth-order valence-electron chi connectivity index (χ4n) is 2.44. The summed E-state index contributed by atoms with van der Waals surface area (Å²) in [4.78, 5) is 4.32. The second-order valence-corrected chi connectivity index (χ2v) is 4.86. The number of halogens is 1. The van der Waals surface area contributed by atoms with Crippen LogP contribution in [0.2, 0.25) is 0 Å². The number of aliphatic hydroxyl groups is 2. The zero-order chi connectivity index (χ0) is 14.8. The summed E-state index contributed by atoms with van der Waals surface area (Å²) in [5.74, 6) is 0.0936. The lowest BCUT2D eigenvalue weighted by molar-refractivity contribution is 0.153. The SMILES string of the molecule is OCc1nc2ccccc2n1C[C@@H](O)c1cccc(F)c1. The molecule has 1 heterocycles. The first-order valence-corrected chi connectivity index (χ1v) is 6.67. The van der Waals surface area contributed by atoms with Crippen molar-refractivity contribution in [1.29, 1.82) is 0 Å². The van der Waals surface area contributed by atoms with E-state index in [4.69, 9.17) is 0 Å². The van der Waals surface area contributed by atoms with Crippen molar-refractivity contribution in [3.63, 3.8) is 0 Å². The molecule has 1 aromatic heterocycles. The number of hydrogen-bond acceptors (Lipinski definition) is 3. The maximum absolute atomic E-state index is 13.2. The van der Waals surface area contributed by atoms with Crippen LogP contribution in [0.3, 0.4) is 0 Å². The van der Waals surface area contributed by atoms with Crippen molar-refractivity contribution in [2.75, 3.05) is 0 Å². The summed E-state index contributed by atoms with van der Waals surface area (Å²) in [5, 5.41) is 19.7. The smallest absolute Gasteiger partial charge is 0.135 e. The molecule has 3 aromatic rings. The summed E-state index contributed by atoms with van der Waals surface area (Å²) in [7, 11) is 0. The first-order chi connectivity index (χ1) is 10.2. The maximum Gasteiger partial charge on any atom is 0.135 e. The van der Waals surface area contributed by atoms with Crippen LogP contribution in [-0.4, -0.2) is 19.8 Å². The van der Waals surface area contributed by atoms with Gasteiger partial charge in [0.05, 0.1) is 23.7 Å². The fraction of sp³-hybridized carbons (Fsp3) is 0.188. The lowest BCUT2D eigenvalue weighted by Gasteiger charge is -2.14. The molecule has 0 unspecified atom stereocenters. The van der Waals surface area contributed by atoms with Crippen LogP contribution in [0.25, 0.3) is 11.0 Å². The number of imidazole rings is 1. The van der Waals surface area contributed by atoms with Gasteiger partial charge in [-0.3, -0.25) is 0 Å². The highest BCUT2D eigenvalue weighted by molar-refractivity contribution is 5.75. The maximum atomic E-state index is 13.2. The van der Waals surface area contributed by atoms with Crippen LogP contribution in [0.5, 0.6) is 0 Å². The molecule has 2 aromatic carbocycles. The first kappa shape index (κ1) is 13.7. The number of nitrogens with zero attached hydrogens (tertiary/aromatic N) is 2. The topological polar surface area (TPSA) is 58.3 Å². The Labute approximate surface area is 121 Å². The zero-order valence-corrected chi connectivity index (χ0v) is 11.3. The van der Waals surface area contributed by atoms with Gasteiger partial charge in [-0.25, -0.2) is 9.37 Å². The Morgan fingerprint density at radius 2 is 1.95 bits per heavy atom. The van der Waals surface area contributed by atoms with E-state index in [1.807, 2.05) is 24.3 Å². The third-order valence-corrected chi connectivity index (χ3v) is 3.46. The fourth-order valence-corrected chi connectivity index (χ4v) is 2.44. The highest BCUT2D eigenvalue weighted by atomic mass is 19.1. The van der Waals surface area contributed by atoms with Gasteiger partial charge in [0.1, 0.15) is 18.2 Å². The molecule has 0 saturated heterocycles. The Morgan fingerprint density at radius 3 is 2.71 bits per heavy atom. The van der Waals surface area contributed by atoms with E-state index in [1.54, 1.807) is 16.7 Å². The Morgan fingerprint density at radius 1 is 1.14 bits per heavy atom. The summed E-state index contributed by atoms with van der Waals surface area (Å²) in [6.45, 7) is -0.00951. The molecule has 21 heavy (non-hydrogen) atoms.